The number of carbonyl (C=O) groups is 1. The van der Waals surface area contributed by atoms with E-state index >= 15 is 0 Å². The van der Waals surface area contributed by atoms with Crippen LogP contribution in [-0.2, 0) is 12.0 Å². The van der Waals surface area contributed by atoms with Gasteiger partial charge in [-0.1, -0.05) is 12.1 Å². The summed E-state index contributed by atoms with van der Waals surface area (Å²) < 4.78 is 82.6. The Bertz CT molecular complexity index is 1510. The molecule has 0 fully saturated rings. The quantitative estimate of drug-likeness (QED) is 0.215. The first-order valence-corrected chi connectivity index (χ1v) is 11.2. The third-order valence-electron chi connectivity index (χ3n) is 6.52. The summed E-state index contributed by atoms with van der Waals surface area (Å²) in [4.78, 5) is 20.0. The Morgan fingerprint density at radius 1 is 1.00 bits per heavy atom. The molecule has 0 spiro atoms. The molecule has 0 saturated heterocycles. The number of nitrogens with one attached hydrogen (secondary N) is 4. The Hall–Kier alpha value is -4.26. The number of hydrogen-bond acceptors (Lipinski definition) is 5. The average Bonchev–Trinajstić information content (AvgIpc) is 3.24. The molecular formula is C25H19F6N5O2. The van der Waals surface area contributed by atoms with Crippen LogP contribution in [0.4, 0.5) is 43.5 Å². The second kappa shape index (κ2) is 8.94. The normalized spacial score (nSPS) is 15.2. The fourth-order valence-electron chi connectivity index (χ4n) is 4.65. The van der Waals surface area contributed by atoms with E-state index in [1.807, 2.05) is 0 Å². The van der Waals surface area contributed by atoms with Crippen molar-refractivity contribution in [2.75, 3.05) is 17.2 Å². The molecule has 2 aromatic carbocycles. The van der Waals surface area contributed by atoms with Gasteiger partial charge in [0, 0.05) is 47.6 Å². The molecule has 38 heavy (non-hydrogen) atoms. The Kier molecular flexibility index (Phi) is 5.97. The summed E-state index contributed by atoms with van der Waals surface area (Å²) in [6.45, 7) is -1.57. The van der Waals surface area contributed by atoms with Crippen molar-refractivity contribution in [3.05, 3.63) is 77.6 Å². The monoisotopic (exact) mass is 535 g/mol. The number of pyridine rings is 1. The van der Waals surface area contributed by atoms with Crippen LogP contribution in [0.2, 0.25) is 0 Å². The van der Waals surface area contributed by atoms with Crippen molar-refractivity contribution in [1.29, 1.82) is 0 Å². The number of aromatic amines is 1. The highest BCUT2D eigenvalue weighted by atomic mass is 19.4. The first-order valence-electron chi connectivity index (χ1n) is 11.2. The zero-order valence-electron chi connectivity index (χ0n) is 19.3. The van der Waals surface area contributed by atoms with Gasteiger partial charge in [-0.2, -0.15) is 26.3 Å². The molecule has 3 heterocycles. The molecule has 7 nitrogen and oxygen atoms in total. The van der Waals surface area contributed by atoms with Gasteiger partial charge in [-0.05, 0) is 47.5 Å². The summed E-state index contributed by atoms with van der Waals surface area (Å²) in [7, 11) is 0. The van der Waals surface area contributed by atoms with E-state index < -0.39 is 35.8 Å². The first-order chi connectivity index (χ1) is 17.9. The largest absolute Gasteiger partial charge is 0.494 e. The van der Waals surface area contributed by atoms with Crippen LogP contribution in [0.25, 0.3) is 10.8 Å². The molecule has 0 bridgehead atoms. The zero-order valence-corrected chi connectivity index (χ0v) is 19.3. The van der Waals surface area contributed by atoms with Crippen molar-refractivity contribution in [2.45, 2.75) is 24.3 Å². The van der Waals surface area contributed by atoms with Crippen molar-refractivity contribution in [3.63, 3.8) is 0 Å². The van der Waals surface area contributed by atoms with E-state index in [1.165, 1.54) is 18.3 Å². The number of amides is 1. The molecule has 198 valence electrons. The van der Waals surface area contributed by atoms with Crippen LogP contribution in [0.5, 0.6) is 5.88 Å². The maximum Gasteiger partial charge on any atom is 0.408 e. The lowest BCUT2D eigenvalue weighted by molar-refractivity contribution is -0.303. The maximum absolute atomic E-state index is 13.8. The van der Waals surface area contributed by atoms with Crippen LogP contribution in [0.1, 0.15) is 21.5 Å². The Balaban J connectivity index is 1.45. The van der Waals surface area contributed by atoms with Gasteiger partial charge in [-0.25, -0.2) is 4.98 Å². The Labute approximate surface area is 210 Å². The summed E-state index contributed by atoms with van der Waals surface area (Å²) in [5, 5.41) is 18.9. The lowest BCUT2D eigenvalue weighted by atomic mass is 9.74. The van der Waals surface area contributed by atoms with Gasteiger partial charge in [0.05, 0.1) is 5.56 Å². The fourth-order valence-corrected chi connectivity index (χ4v) is 4.65. The number of fused-ring (bicyclic) bond motifs is 2. The molecule has 0 aliphatic carbocycles. The third kappa shape index (κ3) is 4.08. The smallest absolute Gasteiger partial charge is 0.408 e. The summed E-state index contributed by atoms with van der Waals surface area (Å²) >= 11 is 0. The molecule has 1 aliphatic heterocycles. The van der Waals surface area contributed by atoms with E-state index in [-0.39, 0.29) is 35.1 Å². The Morgan fingerprint density at radius 3 is 2.50 bits per heavy atom. The van der Waals surface area contributed by atoms with Crippen LogP contribution >= 0.6 is 0 Å². The summed E-state index contributed by atoms with van der Waals surface area (Å²) in [6.07, 6.45) is -8.17. The maximum atomic E-state index is 13.8. The number of alkyl halides is 6. The lowest BCUT2D eigenvalue weighted by Crippen LogP contribution is -2.61. The van der Waals surface area contributed by atoms with Crippen LogP contribution < -0.4 is 16.0 Å². The van der Waals surface area contributed by atoms with Crippen molar-refractivity contribution in [1.82, 2.24) is 15.3 Å². The number of benzene rings is 2. The third-order valence-corrected chi connectivity index (χ3v) is 6.52. The Morgan fingerprint density at radius 2 is 1.76 bits per heavy atom. The SMILES string of the molecule is O=C(Nc1ccc2c(c1)CNCC2(C(F)(F)F)C(F)(F)F)c1cccnc1Nc1cccc2c(O)[nH]cc12. The molecule has 4 aromatic rings. The van der Waals surface area contributed by atoms with Gasteiger partial charge < -0.3 is 26.0 Å². The van der Waals surface area contributed by atoms with Gasteiger partial charge in [0.1, 0.15) is 5.82 Å². The van der Waals surface area contributed by atoms with E-state index in [1.54, 1.807) is 24.4 Å². The fraction of sp³-hybridized carbons (Fsp3) is 0.200. The summed E-state index contributed by atoms with van der Waals surface area (Å²) in [5.41, 5.74) is -4.58. The highest BCUT2D eigenvalue weighted by Gasteiger charge is 2.72. The predicted octanol–water partition coefficient (Wildman–Crippen LogP) is 5.73. The number of rotatable bonds is 4. The molecule has 0 atom stereocenters. The van der Waals surface area contributed by atoms with Crippen LogP contribution in [-0.4, -0.2) is 39.9 Å². The molecule has 13 heteroatoms. The predicted molar refractivity (Wildman–Crippen MR) is 127 cm³/mol. The molecule has 5 N–H and O–H groups in total. The van der Waals surface area contributed by atoms with E-state index in [9.17, 15) is 36.2 Å². The molecule has 2 aromatic heterocycles. The minimum atomic E-state index is -5.59. The number of halogens is 6. The molecule has 0 radical (unpaired) electrons. The lowest BCUT2D eigenvalue weighted by Gasteiger charge is -2.42. The van der Waals surface area contributed by atoms with E-state index in [0.29, 0.717) is 16.5 Å². The molecular weight excluding hydrogens is 516 g/mol. The number of H-pyrrole nitrogens is 1. The van der Waals surface area contributed by atoms with E-state index in [0.717, 1.165) is 18.2 Å². The molecule has 0 unspecified atom stereocenters. The van der Waals surface area contributed by atoms with Crippen molar-refractivity contribution in [2.24, 2.45) is 0 Å². The minimum Gasteiger partial charge on any atom is -0.494 e. The highest BCUT2D eigenvalue weighted by Crippen LogP contribution is 2.54. The summed E-state index contributed by atoms with van der Waals surface area (Å²) in [5.74, 6) is -0.582. The first kappa shape index (κ1) is 25.4. The van der Waals surface area contributed by atoms with Crippen LogP contribution in [0, 0.1) is 0 Å². The van der Waals surface area contributed by atoms with Gasteiger partial charge in [-0.15, -0.1) is 0 Å². The van der Waals surface area contributed by atoms with Gasteiger partial charge >= 0.3 is 12.4 Å². The second-order valence-electron chi connectivity index (χ2n) is 8.76. The minimum absolute atomic E-state index is 0.0168. The van der Waals surface area contributed by atoms with Crippen LogP contribution in [0.3, 0.4) is 0 Å². The number of anilines is 3. The molecule has 1 amide bonds. The van der Waals surface area contributed by atoms with Gasteiger partial charge in [0.2, 0.25) is 0 Å². The highest BCUT2D eigenvalue weighted by molar-refractivity contribution is 6.08. The number of hydrogen-bond donors (Lipinski definition) is 5. The topological polar surface area (TPSA) is 102 Å². The van der Waals surface area contributed by atoms with Crippen LogP contribution in [0.15, 0.2) is 60.9 Å². The van der Waals surface area contributed by atoms with Crippen molar-refractivity contribution >= 4 is 33.9 Å². The molecule has 5 rings (SSSR count). The second-order valence-corrected chi connectivity index (χ2v) is 8.76. The molecule has 1 aliphatic rings. The number of nitrogens with zero attached hydrogens (tertiary/aromatic N) is 1. The van der Waals surface area contributed by atoms with E-state index in [2.05, 4.69) is 25.9 Å². The standard InChI is InChI=1S/C25H19F6N5O2/c26-24(27,28)23(25(29,30)31)12-32-10-13-9-14(6-7-18(13)23)35-22(38)16-4-2-8-33-20(16)36-19-5-1-3-15-17(19)11-34-21(15)37/h1-9,11,32,34,37H,10,12H2,(H,33,36)(H,35,38). The summed E-state index contributed by atoms with van der Waals surface area (Å²) in [6, 6.07) is 10.9. The van der Waals surface area contributed by atoms with Gasteiger partial charge in [0.15, 0.2) is 11.3 Å². The van der Waals surface area contributed by atoms with E-state index in [4.69, 9.17) is 0 Å². The van der Waals surface area contributed by atoms with Gasteiger partial charge in [0.25, 0.3) is 5.91 Å². The molecule has 0 saturated carbocycles. The number of aromatic hydroxyl groups is 1. The van der Waals surface area contributed by atoms with Gasteiger partial charge in [-0.3, -0.25) is 4.79 Å². The number of carbonyl (C=O) groups excluding carboxylic acids is 1. The zero-order chi connectivity index (χ0) is 27.3. The van der Waals surface area contributed by atoms with Crippen molar-refractivity contribution in [3.8, 4) is 5.88 Å². The van der Waals surface area contributed by atoms with Crippen molar-refractivity contribution < 1.29 is 36.2 Å². The number of aromatic nitrogens is 2. The average molecular weight is 535 g/mol.